The summed E-state index contributed by atoms with van der Waals surface area (Å²) in [6, 6.07) is 12.9. The van der Waals surface area contributed by atoms with E-state index in [0.29, 0.717) is 29.2 Å². The molecule has 0 saturated heterocycles. The van der Waals surface area contributed by atoms with Gasteiger partial charge in [0.1, 0.15) is 18.1 Å². The van der Waals surface area contributed by atoms with Gasteiger partial charge in [0.05, 0.1) is 6.42 Å². The van der Waals surface area contributed by atoms with Crippen molar-refractivity contribution in [2.24, 2.45) is 0 Å². The zero-order valence-corrected chi connectivity index (χ0v) is 18.6. The number of hydrogen-bond donors (Lipinski definition) is 0. The third kappa shape index (κ3) is 10.2. The second-order valence-corrected chi connectivity index (χ2v) is 8.71. The van der Waals surface area contributed by atoms with Gasteiger partial charge in [0.25, 0.3) is 5.09 Å². The third-order valence-corrected chi connectivity index (χ3v) is 5.98. The molecule has 2 aromatic carbocycles. The van der Waals surface area contributed by atoms with E-state index in [-0.39, 0.29) is 12.6 Å². The van der Waals surface area contributed by atoms with Crippen LogP contribution in [-0.2, 0) is 21.0 Å². The molecule has 2 rings (SSSR count). The first kappa shape index (κ1) is 25.0. The molecular formula is C22H21NO7S2. The minimum absolute atomic E-state index is 0.180. The first-order valence-corrected chi connectivity index (χ1v) is 11.9. The lowest BCUT2D eigenvalue weighted by Gasteiger charge is -2.05. The highest BCUT2D eigenvalue weighted by Crippen LogP contribution is 2.22. The summed E-state index contributed by atoms with van der Waals surface area (Å²) in [4.78, 5) is 38.2. The fraction of sp³-hybridized carbons (Fsp3) is 0.182. The Balaban J connectivity index is 1.76. The summed E-state index contributed by atoms with van der Waals surface area (Å²) in [5, 5.41) is 9.31. The van der Waals surface area contributed by atoms with E-state index >= 15 is 0 Å². The second-order valence-electron chi connectivity index (χ2n) is 6.08. The average molecular weight is 476 g/mol. The first-order valence-electron chi connectivity index (χ1n) is 9.38. The van der Waals surface area contributed by atoms with Gasteiger partial charge in [-0.25, -0.2) is 4.79 Å². The van der Waals surface area contributed by atoms with Crippen LogP contribution in [0.5, 0.6) is 11.5 Å². The molecule has 0 aliphatic rings. The summed E-state index contributed by atoms with van der Waals surface area (Å²) in [6.07, 6.45) is 4.96. The molecule has 32 heavy (non-hydrogen) atoms. The standard InChI is InChI=1S/C22H21NO7S2/c1-2-14-31-32-15-13-22(25)30-19-8-3-17(4-9-19)7-12-21(24)29-20-10-5-18(6-11-20)16-28-23(26)27/h2-12H,1,13-16H2. The van der Waals surface area contributed by atoms with Gasteiger partial charge in [0, 0.05) is 17.6 Å². The van der Waals surface area contributed by atoms with Crippen molar-refractivity contribution in [1.82, 2.24) is 0 Å². The van der Waals surface area contributed by atoms with Crippen molar-refractivity contribution in [3.63, 3.8) is 0 Å². The van der Waals surface area contributed by atoms with Crippen LogP contribution in [0, 0.1) is 10.1 Å². The van der Waals surface area contributed by atoms with Gasteiger partial charge in [0.15, 0.2) is 0 Å². The van der Waals surface area contributed by atoms with Crippen molar-refractivity contribution in [3.8, 4) is 11.5 Å². The number of esters is 2. The van der Waals surface area contributed by atoms with Gasteiger partial charge in [-0.15, -0.1) is 16.7 Å². The van der Waals surface area contributed by atoms with E-state index in [2.05, 4.69) is 11.4 Å². The molecule has 8 nitrogen and oxygen atoms in total. The SMILES string of the molecule is C=CCSSCCC(=O)Oc1ccc(C=CC(=O)Oc2ccc(CO[N+](=O)[O-])cc2)cc1. The smallest absolute Gasteiger partial charge is 0.336 e. The Bertz CT molecular complexity index is 944. The summed E-state index contributed by atoms with van der Waals surface area (Å²) in [5.41, 5.74) is 1.30. The highest BCUT2D eigenvalue weighted by atomic mass is 33.1. The fourth-order valence-corrected chi connectivity index (χ4v) is 3.95. The number of hydrogen-bond acceptors (Lipinski definition) is 9. The zero-order valence-electron chi connectivity index (χ0n) is 17.0. The summed E-state index contributed by atoms with van der Waals surface area (Å²) in [6.45, 7) is 3.45. The Kier molecular flexibility index (Phi) is 10.9. The molecule has 0 amide bonds. The van der Waals surface area contributed by atoms with Crippen LogP contribution in [0.15, 0.2) is 67.3 Å². The molecule has 0 atom stereocenters. The van der Waals surface area contributed by atoms with Crippen molar-refractivity contribution >= 4 is 39.6 Å². The maximum atomic E-state index is 12.0. The Morgan fingerprint density at radius 2 is 1.66 bits per heavy atom. The van der Waals surface area contributed by atoms with Crippen LogP contribution >= 0.6 is 21.6 Å². The fourth-order valence-electron chi connectivity index (χ4n) is 2.21. The predicted octanol–water partition coefficient (Wildman–Crippen LogP) is 4.88. The number of carbonyl (C=O) groups excluding carboxylic acids is 2. The quantitative estimate of drug-likeness (QED) is 0.0586. The van der Waals surface area contributed by atoms with Crippen LogP contribution in [0.2, 0.25) is 0 Å². The van der Waals surface area contributed by atoms with Crippen molar-refractivity contribution < 1.29 is 29.0 Å². The number of ether oxygens (including phenoxy) is 2. The Morgan fingerprint density at radius 3 is 2.31 bits per heavy atom. The van der Waals surface area contributed by atoms with Gasteiger partial charge in [-0.05, 0) is 41.5 Å². The van der Waals surface area contributed by atoms with Gasteiger partial charge >= 0.3 is 11.9 Å². The average Bonchev–Trinajstić information content (AvgIpc) is 2.78. The Morgan fingerprint density at radius 1 is 1.00 bits per heavy atom. The lowest BCUT2D eigenvalue weighted by atomic mass is 10.2. The molecule has 0 N–H and O–H groups in total. The highest BCUT2D eigenvalue weighted by molar-refractivity contribution is 8.76. The molecule has 0 bridgehead atoms. The van der Waals surface area contributed by atoms with Crippen molar-refractivity contribution in [2.75, 3.05) is 11.5 Å². The first-order chi connectivity index (χ1) is 15.5. The molecule has 0 radical (unpaired) electrons. The molecule has 0 saturated carbocycles. The van der Waals surface area contributed by atoms with Crippen molar-refractivity contribution in [2.45, 2.75) is 13.0 Å². The largest absolute Gasteiger partial charge is 0.427 e. The second kappa shape index (κ2) is 13.9. The minimum Gasteiger partial charge on any atom is -0.427 e. The van der Waals surface area contributed by atoms with Crippen molar-refractivity contribution in [3.05, 3.63) is 88.5 Å². The molecule has 168 valence electrons. The Labute approximate surface area is 193 Å². The van der Waals surface area contributed by atoms with E-state index in [1.54, 1.807) is 64.1 Å². The van der Waals surface area contributed by atoms with E-state index in [4.69, 9.17) is 9.47 Å². The van der Waals surface area contributed by atoms with Gasteiger partial charge in [-0.1, -0.05) is 51.9 Å². The molecule has 10 heteroatoms. The topological polar surface area (TPSA) is 105 Å². The van der Waals surface area contributed by atoms with Gasteiger partial charge in [-0.3, -0.25) is 4.79 Å². The zero-order chi connectivity index (χ0) is 23.2. The van der Waals surface area contributed by atoms with Gasteiger partial charge in [-0.2, -0.15) is 0 Å². The van der Waals surface area contributed by atoms with E-state index < -0.39 is 11.1 Å². The summed E-state index contributed by atoms with van der Waals surface area (Å²) in [7, 11) is 3.23. The lowest BCUT2D eigenvalue weighted by molar-refractivity contribution is -0.763. The molecule has 0 fully saturated rings. The lowest BCUT2D eigenvalue weighted by Crippen LogP contribution is -2.08. The molecule has 0 aliphatic heterocycles. The molecule has 2 aromatic rings. The molecule has 0 spiro atoms. The predicted molar refractivity (Wildman–Crippen MR) is 125 cm³/mol. The number of nitrogens with zero attached hydrogens (tertiary/aromatic N) is 1. The summed E-state index contributed by atoms with van der Waals surface area (Å²) in [5.74, 6) is 1.33. The van der Waals surface area contributed by atoms with Crippen molar-refractivity contribution in [1.29, 1.82) is 0 Å². The van der Waals surface area contributed by atoms with E-state index in [1.165, 1.54) is 18.2 Å². The molecule has 0 heterocycles. The van der Waals surface area contributed by atoms with E-state index in [1.807, 2.05) is 6.08 Å². The van der Waals surface area contributed by atoms with Gasteiger partial charge in [0.2, 0.25) is 0 Å². The maximum Gasteiger partial charge on any atom is 0.336 e. The normalized spacial score (nSPS) is 10.5. The molecule has 0 unspecified atom stereocenters. The highest BCUT2D eigenvalue weighted by Gasteiger charge is 2.06. The molecule has 0 aliphatic carbocycles. The summed E-state index contributed by atoms with van der Waals surface area (Å²) >= 11 is 0. The number of benzene rings is 2. The minimum atomic E-state index is -0.874. The monoisotopic (exact) mass is 475 g/mol. The Hall–Kier alpha value is -3.24. The third-order valence-electron chi connectivity index (χ3n) is 3.66. The molecular weight excluding hydrogens is 454 g/mol. The van der Waals surface area contributed by atoms with Crippen LogP contribution < -0.4 is 9.47 Å². The number of rotatable bonds is 13. The van der Waals surface area contributed by atoms with E-state index in [0.717, 1.165) is 11.3 Å². The van der Waals surface area contributed by atoms with Gasteiger partial charge < -0.3 is 14.3 Å². The van der Waals surface area contributed by atoms with Crippen LogP contribution in [0.25, 0.3) is 6.08 Å². The number of carbonyl (C=O) groups is 2. The van der Waals surface area contributed by atoms with Crippen LogP contribution in [0.4, 0.5) is 0 Å². The van der Waals surface area contributed by atoms with Crippen LogP contribution in [0.3, 0.4) is 0 Å². The maximum absolute atomic E-state index is 12.0. The summed E-state index contributed by atoms with van der Waals surface area (Å²) < 4.78 is 10.5. The van der Waals surface area contributed by atoms with E-state index in [9.17, 15) is 19.7 Å². The molecule has 0 aromatic heterocycles. The van der Waals surface area contributed by atoms with Crippen LogP contribution in [0.1, 0.15) is 17.5 Å². The van der Waals surface area contributed by atoms with Crippen LogP contribution in [-0.4, -0.2) is 28.5 Å².